The van der Waals surface area contributed by atoms with Gasteiger partial charge in [0, 0.05) is 18.2 Å². The average Bonchev–Trinajstić information content (AvgIpc) is 2.44. The number of hydrogen-bond donors (Lipinski definition) is 1. The van der Waals surface area contributed by atoms with Crippen LogP contribution in [-0.4, -0.2) is 17.1 Å². The second-order valence-corrected chi connectivity index (χ2v) is 4.42. The van der Waals surface area contributed by atoms with E-state index in [0.29, 0.717) is 11.4 Å². The van der Waals surface area contributed by atoms with Gasteiger partial charge in [-0.25, -0.2) is 4.98 Å². The van der Waals surface area contributed by atoms with Crippen molar-refractivity contribution in [2.45, 2.75) is 26.4 Å². The van der Waals surface area contributed by atoms with E-state index >= 15 is 0 Å². The van der Waals surface area contributed by atoms with Crippen molar-refractivity contribution in [2.75, 3.05) is 7.11 Å². The third kappa shape index (κ3) is 2.74. The van der Waals surface area contributed by atoms with E-state index in [2.05, 4.69) is 9.97 Å². The lowest BCUT2D eigenvalue weighted by atomic mass is 10.1. The highest BCUT2D eigenvalue weighted by molar-refractivity contribution is 5.62. The van der Waals surface area contributed by atoms with Crippen LogP contribution in [0.3, 0.4) is 0 Å². The maximum absolute atomic E-state index is 12.0. The fourth-order valence-electron chi connectivity index (χ4n) is 2.05. The summed E-state index contributed by atoms with van der Waals surface area (Å²) in [5.74, 6) is 0.583. The van der Waals surface area contributed by atoms with Crippen molar-refractivity contribution in [3.05, 3.63) is 52.1 Å². The maximum Gasteiger partial charge on any atom is 0.254 e. The molecule has 1 aromatic carbocycles. The molecule has 0 bridgehead atoms. The molecule has 100 valence electrons. The standard InChI is InChI=1S/C15H18N2O2/c1-4-12(19-3)14-16-13(10(2)15(18)17-14)11-8-6-5-7-9-11/h5-9,12H,4H2,1-3H3,(H,16,17,18). The molecule has 1 N–H and O–H groups in total. The number of ether oxygens (including phenoxy) is 1. The zero-order chi connectivity index (χ0) is 13.8. The Kier molecular flexibility index (Phi) is 4.12. The van der Waals surface area contributed by atoms with Crippen molar-refractivity contribution >= 4 is 0 Å². The van der Waals surface area contributed by atoms with Crippen LogP contribution < -0.4 is 5.56 Å². The summed E-state index contributed by atoms with van der Waals surface area (Å²) in [6.07, 6.45) is 0.576. The van der Waals surface area contributed by atoms with Gasteiger partial charge in [0.25, 0.3) is 5.56 Å². The van der Waals surface area contributed by atoms with Crippen LogP contribution in [0.25, 0.3) is 11.3 Å². The van der Waals surface area contributed by atoms with Gasteiger partial charge in [-0.15, -0.1) is 0 Å². The molecule has 4 heteroatoms. The van der Waals surface area contributed by atoms with Crippen molar-refractivity contribution in [1.29, 1.82) is 0 Å². The van der Waals surface area contributed by atoms with Gasteiger partial charge in [-0.3, -0.25) is 4.79 Å². The van der Waals surface area contributed by atoms with Crippen molar-refractivity contribution in [1.82, 2.24) is 9.97 Å². The van der Waals surface area contributed by atoms with Crippen molar-refractivity contribution in [3.8, 4) is 11.3 Å². The van der Waals surface area contributed by atoms with Crippen LogP contribution in [0.5, 0.6) is 0 Å². The first-order chi connectivity index (χ1) is 9.17. The molecule has 0 spiro atoms. The van der Waals surface area contributed by atoms with Gasteiger partial charge in [0.2, 0.25) is 0 Å². The summed E-state index contributed by atoms with van der Waals surface area (Å²) < 4.78 is 5.34. The van der Waals surface area contributed by atoms with E-state index in [1.54, 1.807) is 14.0 Å². The lowest BCUT2D eigenvalue weighted by Crippen LogP contribution is -2.19. The van der Waals surface area contributed by atoms with E-state index in [1.165, 1.54) is 0 Å². The molecule has 0 amide bonds. The summed E-state index contributed by atoms with van der Waals surface area (Å²) in [6, 6.07) is 9.71. The fraction of sp³-hybridized carbons (Fsp3) is 0.333. The quantitative estimate of drug-likeness (QED) is 0.917. The highest BCUT2D eigenvalue weighted by atomic mass is 16.5. The summed E-state index contributed by atoms with van der Waals surface area (Å²) in [6.45, 7) is 3.78. The molecule has 1 atom stereocenters. The minimum atomic E-state index is -0.184. The Morgan fingerprint density at radius 1 is 1.32 bits per heavy atom. The smallest absolute Gasteiger partial charge is 0.254 e. The summed E-state index contributed by atoms with van der Waals surface area (Å²) in [5.41, 5.74) is 2.17. The highest BCUT2D eigenvalue weighted by Gasteiger charge is 2.15. The summed E-state index contributed by atoms with van der Waals surface area (Å²) in [4.78, 5) is 19.4. The Balaban J connectivity index is 2.58. The van der Waals surface area contributed by atoms with Crippen LogP contribution in [0.4, 0.5) is 0 Å². The van der Waals surface area contributed by atoms with Gasteiger partial charge in [-0.05, 0) is 13.3 Å². The largest absolute Gasteiger partial charge is 0.374 e. The van der Waals surface area contributed by atoms with E-state index < -0.39 is 0 Å². The molecule has 4 nitrogen and oxygen atoms in total. The highest BCUT2D eigenvalue weighted by Crippen LogP contribution is 2.22. The van der Waals surface area contributed by atoms with Crippen molar-refractivity contribution in [2.24, 2.45) is 0 Å². The monoisotopic (exact) mass is 258 g/mol. The average molecular weight is 258 g/mol. The lowest BCUT2D eigenvalue weighted by molar-refractivity contribution is 0.0924. The molecule has 0 fully saturated rings. The number of methoxy groups -OCH3 is 1. The molecule has 1 unspecified atom stereocenters. The Labute approximate surface area is 112 Å². The maximum atomic E-state index is 12.0. The molecule has 0 aliphatic heterocycles. The van der Waals surface area contributed by atoms with Gasteiger partial charge in [0.05, 0.1) is 5.69 Å². The van der Waals surface area contributed by atoms with Gasteiger partial charge in [0.15, 0.2) is 0 Å². The first kappa shape index (κ1) is 13.5. The molecule has 2 aromatic rings. The van der Waals surface area contributed by atoms with E-state index in [4.69, 9.17) is 4.74 Å². The van der Waals surface area contributed by atoms with Crippen LogP contribution in [0.15, 0.2) is 35.1 Å². The molecule has 0 saturated heterocycles. The summed E-state index contributed by atoms with van der Waals surface area (Å²) >= 11 is 0. The summed E-state index contributed by atoms with van der Waals surface area (Å²) in [5, 5.41) is 0. The predicted molar refractivity (Wildman–Crippen MR) is 75.1 cm³/mol. The number of nitrogens with zero attached hydrogens (tertiary/aromatic N) is 1. The van der Waals surface area contributed by atoms with Crippen LogP contribution in [0.1, 0.15) is 30.8 Å². The van der Waals surface area contributed by atoms with Gasteiger partial charge in [-0.1, -0.05) is 37.3 Å². The van der Waals surface area contributed by atoms with Gasteiger partial charge >= 0.3 is 0 Å². The third-order valence-electron chi connectivity index (χ3n) is 3.18. The number of hydrogen-bond acceptors (Lipinski definition) is 3. The number of benzene rings is 1. The van der Waals surface area contributed by atoms with Gasteiger partial charge in [-0.2, -0.15) is 0 Å². The lowest BCUT2D eigenvalue weighted by Gasteiger charge is -2.14. The minimum absolute atomic E-state index is 0.112. The van der Waals surface area contributed by atoms with E-state index in [1.807, 2.05) is 37.3 Å². The fourth-order valence-corrected chi connectivity index (χ4v) is 2.05. The van der Waals surface area contributed by atoms with Crippen LogP contribution in [0, 0.1) is 6.92 Å². The molecule has 0 aliphatic carbocycles. The molecule has 1 heterocycles. The first-order valence-electron chi connectivity index (χ1n) is 6.36. The number of aromatic amines is 1. The molecule has 0 aliphatic rings. The number of nitrogens with one attached hydrogen (secondary N) is 1. The van der Waals surface area contributed by atoms with Gasteiger partial charge < -0.3 is 9.72 Å². The topological polar surface area (TPSA) is 55.0 Å². The Morgan fingerprint density at radius 2 is 2.00 bits per heavy atom. The zero-order valence-corrected chi connectivity index (χ0v) is 11.4. The van der Waals surface area contributed by atoms with Crippen molar-refractivity contribution in [3.63, 3.8) is 0 Å². The third-order valence-corrected chi connectivity index (χ3v) is 3.18. The van der Waals surface area contributed by atoms with Crippen LogP contribution >= 0.6 is 0 Å². The summed E-state index contributed by atoms with van der Waals surface area (Å²) in [7, 11) is 1.62. The predicted octanol–water partition coefficient (Wildman–Crippen LogP) is 2.84. The first-order valence-corrected chi connectivity index (χ1v) is 6.36. The molecule has 0 radical (unpaired) electrons. The molecule has 1 aromatic heterocycles. The molecule has 19 heavy (non-hydrogen) atoms. The van der Waals surface area contributed by atoms with Crippen LogP contribution in [-0.2, 0) is 4.74 Å². The SMILES string of the molecule is CCC(OC)c1nc(-c2ccccc2)c(C)c(=O)[nH]1. The van der Waals surface area contributed by atoms with E-state index in [-0.39, 0.29) is 11.7 Å². The molecular formula is C15H18N2O2. The molecule has 0 saturated carbocycles. The normalized spacial score (nSPS) is 12.4. The Hall–Kier alpha value is -1.94. The van der Waals surface area contributed by atoms with E-state index in [9.17, 15) is 4.79 Å². The Morgan fingerprint density at radius 3 is 2.58 bits per heavy atom. The molecule has 2 rings (SSSR count). The second kappa shape index (κ2) is 5.80. The number of H-pyrrole nitrogens is 1. The zero-order valence-electron chi connectivity index (χ0n) is 11.4. The van der Waals surface area contributed by atoms with Gasteiger partial charge in [0.1, 0.15) is 11.9 Å². The van der Waals surface area contributed by atoms with Crippen LogP contribution in [0.2, 0.25) is 0 Å². The number of rotatable bonds is 4. The number of aromatic nitrogens is 2. The van der Waals surface area contributed by atoms with E-state index in [0.717, 1.165) is 17.7 Å². The minimum Gasteiger partial charge on any atom is -0.374 e. The van der Waals surface area contributed by atoms with Crippen molar-refractivity contribution < 1.29 is 4.74 Å². The second-order valence-electron chi connectivity index (χ2n) is 4.42. The molecular weight excluding hydrogens is 240 g/mol. The Bertz CT molecular complexity index is 601.